The zero-order chi connectivity index (χ0) is 14.3. The summed E-state index contributed by atoms with van der Waals surface area (Å²) in [6.45, 7) is 4.17. The molecule has 3 N–H and O–H groups in total. The second-order valence-corrected chi connectivity index (χ2v) is 6.29. The normalized spacial score (nSPS) is 18.6. The number of fused-ring (bicyclic) bond motifs is 1. The number of aromatic nitrogens is 1. The summed E-state index contributed by atoms with van der Waals surface area (Å²) in [5.41, 5.74) is 8.86. The molecular formula is C16H22N2O2. The van der Waals surface area contributed by atoms with Gasteiger partial charge in [-0.05, 0) is 48.8 Å². The first-order chi connectivity index (χ1) is 9.54. The Bertz CT molecular complexity index is 602. The summed E-state index contributed by atoms with van der Waals surface area (Å²) in [6.07, 6.45) is 2.42. The molecule has 4 nitrogen and oxygen atoms in total. The van der Waals surface area contributed by atoms with Crippen molar-refractivity contribution < 1.29 is 9.52 Å². The molecule has 1 fully saturated rings. The highest BCUT2D eigenvalue weighted by Gasteiger charge is 2.26. The molecule has 1 saturated carbocycles. The van der Waals surface area contributed by atoms with E-state index >= 15 is 0 Å². The fourth-order valence-corrected chi connectivity index (χ4v) is 2.61. The van der Waals surface area contributed by atoms with Crippen LogP contribution in [0.3, 0.4) is 0 Å². The lowest BCUT2D eigenvalue weighted by atomic mass is 10.00. The molecule has 108 valence electrons. The minimum absolute atomic E-state index is 0.334. The third-order valence-corrected chi connectivity index (χ3v) is 3.88. The van der Waals surface area contributed by atoms with Gasteiger partial charge in [-0.25, -0.2) is 4.98 Å². The van der Waals surface area contributed by atoms with Crippen LogP contribution in [0, 0.1) is 5.92 Å². The van der Waals surface area contributed by atoms with Gasteiger partial charge in [0.15, 0.2) is 5.58 Å². The van der Waals surface area contributed by atoms with E-state index in [0.717, 1.165) is 17.5 Å². The lowest BCUT2D eigenvalue weighted by Crippen LogP contribution is -2.30. The average Bonchev–Trinajstić information content (AvgIpc) is 3.15. The number of benzene rings is 1. The van der Waals surface area contributed by atoms with Gasteiger partial charge < -0.3 is 15.3 Å². The summed E-state index contributed by atoms with van der Waals surface area (Å²) >= 11 is 0. The summed E-state index contributed by atoms with van der Waals surface area (Å²) in [7, 11) is 0. The molecule has 0 aliphatic heterocycles. The molecule has 2 atom stereocenters. The maximum Gasteiger partial charge on any atom is 0.225 e. The molecule has 1 aliphatic carbocycles. The first-order valence-electron chi connectivity index (χ1n) is 7.38. The molecule has 1 aromatic carbocycles. The fraction of sp³-hybridized carbons (Fsp3) is 0.562. The van der Waals surface area contributed by atoms with Crippen LogP contribution in [0.4, 0.5) is 0 Å². The number of oxazole rings is 1. The molecule has 1 aliphatic rings. The van der Waals surface area contributed by atoms with Gasteiger partial charge in [0.1, 0.15) is 11.6 Å². The van der Waals surface area contributed by atoms with Gasteiger partial charge in [0.25, 0.3) is 0 Å². The molecule has 0 spiro atoms. The maximum absolute atomic E-state index is 10.2. The quantitative estimate of drug-likeness (QED) is 0.878. The van der Waals surface area contributed by atoms with Crippen molar-refractivity contribution in [1.29, 1.82) is 0 Å². The van der Waals surface area contributed by atoms with E-state index < -0.39 is 6.10 Å². The van der Waals surface area contributed by atoms with E-state index in [1.54, 1.807) is 0 Å². The largest absolute Gasteiger partial charge is 0.438 e. The smallest absolute Gasteiger partial charge is 0.225 e. The Hall–Kier alpha value is -1.39. The third-order valence-electron chi connectivity index (χ3n) is 3.88. The summed E-state index contributed by atoms with van der Waals surface area (Å²) < 4.78 is 5.71. The molecule has 1 unspecified atom stereocenters. The van der Waals surface area contributed by atoms with Crippen LogP contribution in [-0.2, 0) is 0 Å². The van der Waals surface area contributed by atoms with Crippen molar-refractivity contribution in [3.63, 3.8) is 0 Å². The molecule has 4 heteroatoms. The van der Waals surface area contributed by atoms with Crippen LogP contribution in [-0.4, -0.2) is 16.1 Å². The van der Waals surface area contributed by atoms with Gasteiger partial charge in [-0.15, -0.1) is 0 Å². The minimum Gasteiger partial charge on any atom is -0.438 e. The van der Waals surface area contributed by atoms with Crippen LogP contribution < -0.4 is 5.73 Å². The molecule has 1 heterocycles. The lowest BCUT2D eigenvalue weighted by Gasteiger charge is -2.17. The van der Waals surface area contributed by atoms with Gasteiger partial charge in [0, 0.05) is 6.04 Å². The first-order valence-corrected chi connectivity index (χ1v) is 7.38. The zero-order valence-corrected chi connectivity index (χ0v) is 12.0. The summed E-state index contributed by atoms with van der Waals surface area (Å²) in [5, 5.41) is 10.2. The Balaban J connectivity index is 1.84. The van der Waals surface area contributed by atoms with E-state index in [1.165, 1.54) is 18.4 Å². The molecule has 20 heavy (non-hydrogen) atoms. The van der Waals surface area contributed by atoms with Crippen LogP contribution in [0.1, 0.15) is 56.6 Å². The molecule has 0 amide bonds. The van der Waals surface area contributed by atoms with Gasteiger partial charge in [-0.3, -0.25) is 0 Å². The van der Waals surface area contributed by atoms with E-state index in [1.807, 2.05) is 12.1 Å². The Labute approximate surface area is 119 Å². The first kappa shape index (κ1) is 13.6. The molecular weight excluding hydrogens is 252 g/mol. The van der Waals surface area contributed by atoms with E-state index in [-0.39, 0.29) is 6.04 Å². The lowest BCUT2D eigenvalue weighted by molar-refractivity contribution is 0.108. The van der Waals surface area contributed by atoms with Crippen LogP contribution in [0.15, 0.2) is 22.6 Å². The van der Waals surface area contributed by atoms with Crippen LogP contribution in [0.5, 0.6) is 0 Å². The van der Waals surface area contributed by atoms with Crippen molar-refractivity contribution in [2.75, 3.05) is 0 Å². The van der Waals surface area contributed by atoms with E-state index in [2.05, 4.69) is 24.9 Å². The second kappa shape index (κ2) is 5.19. The average molecular weight is 274 g/mol. The number of aliphatic hydroxyl groups excluding tert-OH is 1. The predicted octanol–water partition coefficient (Wildman–Crippen LogP) is 3.11. The highest BCUT2D eigenvalue weighted by molar-refractivity contribution is 5.73. The van der Waals surface area contributed by atoms with Crippen LogP contribution >= 0.6 is 0 Å². The Morgan fingerprint density at radius 2 is 2.15 bits per heavy atom. The summed E-state index contributed by atoms with van der Waals surface area (Å²) in [4.78, 5) is 4.37. The molecule has 0 radical (unpaired) electrons. The third kappa shape index (κ3) is 2.72. The highest BCUT2D eigenvalue weighted by atomic mass is 16.4. The summed E-state index contributed by atoms with van der Waals surface area (Å²) in [5.74, 6) is 1.45. The highest BCUT2D eigenvalue weighted by Crippen LogP contribution is 2.41. The van der Waals surface area contributed by atoms with Crippen LogP contribution in [0.2, 0.25) is 0 Å². The van der Waals surface area contributed by atoms with Gasteiger partial charge in [0.2, 0.25) is 5.89 Å². The number of nitrogens with zero attached hydrogens (tertiary/aromatic N) is 1. The molecule has 0 saturated heterocycles. The van der Waals surface area contributed by atoms with Crippen molar-refractivity contribution in [1.82, 2.24) is 4.98 Å². The van der Waals surface area contributed by atoms with Crippen LogP contribution in [0.25, 0.3) is 11.1 Å². The van der Waals surface area contributed by atoms with Crippen molar-refractivity contribution in [2.24, 2.45) is 11.7 Å². The second-order valence-electron chi connectivity index (χ2n) is 6.29. The van der Waals surface area contributed by atoms with Gasteiger partial charge in [-0.1, -0.05) is 19.9 Å². The van der Waals surface area contributed by atoms with E-state index in [9.17, 15) is 5.11 Å². The number of hydrogen-bond donors (Lipinski definition) is 2. The maximum atomic E-state index is 10.2. The van der Waals surface area contributed by atoms with Crippen molar-refractivity contribution in [2.45, 2.75) is 51.2 Å². The molecule has 3 rings (SSSR count). The van der Waals surface area contributed by atoms with Gasteiger partial charge >= 0.3 is 0 Å². The SMILES string of the molecule is CC(C)C[C@@H](N)C(O)c1nc2ccc(C3CC3)cc2o1. The topological polar surface area (TPSA) is 72.3 Å². The Morgan fingerprint density at radius 3 is 2.80 bits per heavy atom. The fourth-order valence-electron chi connectivity index (χ4n) is 2.61. The zero-order valence-electron chi connectivity index (χ0n) is 12.0. The van der Waals surface area contributed by atoms with Gasteiger partial charge in [0.05, 0.1) is 0 Å². The molecule has 0 bridgehead atoms. The van der Waals surface area contributed by atoms with E-state index in [0.29, 0.717) is 17.7 Å². The van der Waals surface area contributed by atoms with Crippen molar-refractivity contribution in [3.8, 4) is 0 Å². The number of aliphatic hydroxyl groups is 1. The number of rotatable bonds is 5. The van der Waals surface area contributed by atoms with E-state index in [4.69, 9.17) is 10.2 Å². The number of hydrogen-bond acceptors (Lipinski definition) is 4. The van der Waals surface area contributed by atoms with Crippen molar-refractivity contribution in [3.05, 3.63) is 29.7 Å². The molecule has 1 aromatic heterocycles. The Kier molecular flexibility index (Phi) is 3.52. The Morgan fingerprint density at radius 1 is 1.40 bits per heavy atom. The standard InChI is InChI=1S/C16H22N2O2/c1-9(2)7-12(17)15(19)16-18-13-6-5-11(10-3-4-10)8-14(13)20-16/h5-6,8-10,12,15,19H,3-4,7,17H2,1-2H3/t12-,15?/m1/s1. The predicted molar refractivity (Wildman–Crippen MR) is 78.4 cm³/mol. The number of nitrogens with two attached hydrogens (primary N) is 1. The van der Waals surface area contributed by atoms with Crippen molar-refractivity contribution >= 4 is 11.1 Å². The summed E-state index contributed by atoms with van der Waals surface area (Å²) in [6, 6.07) is 5.78. The monoisotopic (exact) mass is 274 g/mol. The van der Waals surface area contributed by atoms with Gasteiger partial charge in [-0.2, -0.15) is 0 Å². The minimum atomic E-state index is -0.839. The molecule has 2 aromatic rings.